The van der Waals surface area contributed by atoms with E-state index in [-0.39, 0.29) is 18.5 Å². The Morgan fingerprint density at radius 2 is 1.94 bits per heavy atom. The Morgan fingerprint density at radius 1 is 1.19 bits per heavy atom. The Kier molecular flexibility index (Phi) is 7.98. The van der Waals surface area contributed by atoms with Gasteiger partial charge in [-0.25, -0.2) is 9.78 Å². The van der Waals surface area contributed by atoms with Gasteiger partial charge in [0.15, 0.2) is 0 Å². The van der Waals surface area contributed by atoms with Crippen molar-refractivity contribution in [3.05, 3.63) is 23.4 Å². The van der Waals surface area contributed by atoms with Gasteiger partial charge in [-0.05, 0) is 70.6 Å². The molecule has 2 N–H and O–H groups in total. The Bertz CT molecular complexity index is 808. The van der Waals surface area contributed by atoms with Crippen LogP contribution >= 0.6 is 0 Å². The topological polar surface area (TPSA) is 92.8 Å². The fourth-order valence-electron chi connectivity index (χ4n) is 4.84. The van der Waals surface area contributed by atoms with E-state index < -0.39 is 11.7 Å². The molecule has 0 unspecified atom stereocenters. The molecule has 0 aromatic carbocycles. The molecule has 8 nitrogen and oxygen atoms in total. The van der Waals surface area contributed by atoms with E-state index in [0.717, 1.165) is 36.3 Å². The van der Waals surface area contributed by atoms with Crippen LogP contribution in [0, 0.1) is 12.8 Å². The summed E-state index contributed by atoms with van der Waals surface area (Å²) in [5, 5.41) is 5.81. The lowest BCUT2D eigenvalue weighted by atomic mass is 9.84. The highest BCUT2D eigenvalue weighted by Gasteiger charge is 2.45. The maximum Gasteiger partial charge on any atom is 0.407 e. The average Bonchev–Trinajstić information content (AvgIpc) is 3.10. The molecule has 0 bridgehead atoms. The van der Waals surface area contributed by atoms with Crippen LogP contribution in [-0.2, 0) is 20.8 Å². The molecule has 32 heavy (non-hydrogen) atoms. The minimum atomic E-state index is -0.551. The molecule has 178 valence electrons. The van der Waals surface area contributed by atoms with Gasteiger partial charge in [-0.2, -0.15) is 0 Å². The van der Waals surface area contributed by atoms with Crippen LogP contribution in [0.15, 0.2) is 12.1 Å². The predicted octanol–water partition coefficient (Wildman–Crippen LogP) is 3.31. The molecule has 1 saturated heterocycles. The van der Waals surface area contributed by atoms with Gasteiger partial charge in [0.25, 0.3) is 0 Å². The van der Waals surface area contributed by atoms with Crippen LogP contribution in [0.5, 0.6) is 0 Å². The fraction of sp³-hybridized carbons (Fsp3) is 0.708. The number of rotatable bonds is 7. The average molecular weight is 447 g/mol. The molecule has 2 fully saturated rings. The molecular weight excluding hydrogens is 408 g/mol. The van der Waals surface area contributed by atoms with Crippen molar-refractivity contribution in [2.24, 2.45) is 5.92 Å². The van der Waals surface area contributed by atoms with Gasteiger partial charge < -0.3 is 25.0 Å². The second-order valence-corrected chi connectivity index (χ2v) is 9.90. The maximum atomic E-state index is 13.1. The van der Waals surface area contributed by atoms with Crippen LogP contribution in [0.2, 0.25) is 0 Å². The van der Waals surface area contributed by atoms with Gasteiger partial charge in [0.2, 0.25) is 5.91 Å². The summed E-state index contributed by atoms with van der Waals surface area (Å²) < 4.78 is 10.4. The number of hydrogen-bond acceptors (Lipinski definition) is 6. The first-order chi connectivity index (χ1) is 15.2. The third-order valence-electron chi connectivity index (χ3n) is 6.08. The van der Waals surface area contributed by atoms with Crippen molar-refractivity contribution in [3.63, 3.8) is 0 Å². The zero-order valence-corrected chi connectivity index (χ0v) is 20.1. The number of aromatic nitrogens is 1. The summed E-state index contributed by atoms with van der Waals surface area (Å²) in [5.41, 5.74) is 1.25. The van der Waals surface area contributed by atoms with Crippen molar-refractivity contribution in [3.8, 4) is 0 Å². The van der Waals surface area contributed by atoms with Gasteiger partial charge in [-0.1, -0.05) is 12.8 Å². The number of ether oxygens (including phenoxy) is 2. The van der Waals surface area contributed by atoms with Crippen LogP contribution in [0.3, 0.4) is 0 Å². The molecule has 2 heterocycles. The molecule has 0 spiro atoms. The van der Waals surface area contributed by atoms with Crippen LogP contribution in [0.4, 0.5) is 10.6 Å². The number of carbonyl (C=O) groups excluding carboxylic acids is 2. The standard InChI is InChI=1S/C24H38N4O4/c1-16-12-18(15-26-23(30)32-24(2,3)4)27-21(13-16)28-19-9-7-6-8-17(19)14-20(28)22(29)25-10-11-31-5/h12-13,17,19-20H,6-11,14-15H2,1-5H3,(H,25,29)(H,26,30)/t17-,19-,20-/m0/s1. The first-order valence-corrected chi connectivity index (χ1v) is 11.7. The highest BCUT2D eigenvalue weighted by molar-refractivity contribution is 5.86. The molecule has 1 aliphatic carbocycles. The number of hydrogen-bond donors (Lipinski definition) is 2. The van der Waals surface area contributed by atoms with Gasteiger partial charge in [-0.3, -0.25) is 4.79 Å². The third kappa shape index (κ3) is 6.34. The molecule has 1 aromatic heterocycles. The Balaban J connectivity index is 1.79. The number of anilines is 1. The highest BCUT2D eigenvalue weighted by Crippen LogP contribution is 2.42. The number of amides is 2. The zero-order valence-electron chi connectivity index (χ0n) is 20.1. The van der Waals surface area contributed by atoms with Gasteiger partial charge in [-0.15, -0.1) is 0 Å². The summed E-state index contributed by atoms with van der Waals surface area (Å²) in [6.07, 6.45) is 5.01. The van der Waals surface area contributed by atoms with E-state index in [1.54, 1.807) is 7.11 Å². The number of carbonyl (C=O) groups is 2. The monoisotopic (exact) mass is 446 g/mol. The smallest absolute Gasteiger partial charge is 0.407 e. The van der Waals surface area contributed by atoms with E-state index >= 15 is 0 Å². The summed E-state index contributed by atoms with van der Waals surface area (Å²) in [5.74, 6) is 1.35. The third-order valence-corrected chi connectivity index (χ3v) is 6.08. The second kappa shape index (κ2) is 10.5. The van der Waals surface area contributed by atoms with Crippen LogP contribution in [-0.4, -0.2) is 54.9 Å². The van der Waals surface area contributed by atoms with E-state index in [0.29, 0.717) is 25.1 Å². The summed E-state index contributed by atoms with van der Waals surface area (Å²) >= 11 is 0. The normalized spacial score (nSPS) is 22.9. The van der Waals surface area contributed by atoms with Gasteiger partial charge in [0, 0.05) is 19.7 Å². The lowest BCUT2D eigenvalue weighted by Gasteiger charge is -2.35. The highest BCUT2D eigenvalue weighted by atomic mass is 16.6. The van der Waals surface area contributed by atoms with Crippen molar-refractivity contribution in [1.29, 1.82) is 0 Å². The van der Waals surface area contributed by atoms with Crippen LogP contribution in [0.1, 0.15) is 64.1 Å². The van der Waals surface area contributed by atoms with Crippen molar-refractivity contribution < 1.29 is 19.1 Å². The molecular formula is C24H38N4O4. The zero-order chi connectivity index (χ0) is 23.3. The Hall–Kier alpha value is -2.35. The van der Waals surface area contributed by atoms with Crippen molar-refractivity contribution >= 4 is 17.8 Å². The number of nitrogens with one attached hydrogen (secondary N) is 2. The minimum absolute atomic E-state index is 0.0354. The molecule has 1 aromatic rings. The molecule has 3 atom stereocenters. The van der Waals surface area contributed by atoms with Crippen molar-refractivity contribution in [1.82, 2.24) is 15.6 Å². The van der Waals surface area contributed by atoms with Crippen LogP contribution in [0.25, 0.3) is 0 Å². The van der Waals surface area contributed by atoms with Crippen molar-refractivity contribution in [2.75, 3.05) is 25.2 Å². The first kappa shape index (κ1) is 24.3. The van der Waals surface area contributed by atoms with Gasteiger partial charge in [0.1, 0.15) is 17.5 Å². The van der Waals surface area contributed by atoms with Crippen molar-refractivity contribution in [2.45, 2.75) is 84.0 Å². The van der Waals surface area contributed by atoms with Crippen LogP contribution < -0.4 is 15.5 Å². The number of nitrogens with zero attached hydrogens (tertiary/aromatic N) is 2. The Labute approximate surface area is 191 Å². The molecule has 2 aliphatic rings. The minimum Gasteiger partial charge on any atom is -0.444 e. The van der Waals surface area contributed by atoms with E-state index in [1.165, 1.54) is 12.8 Å². The lowest BCUT2D eigenvalue weighted by Crippen LogP contribution is -2.48. The molecule has 3 rings (SSSR count). The Morgan fingerprint density at radius 3 is 2.66 bits per heavy atom. The molecule has 1 aliphatic heterocycles. The number of aryl methyl sites for hydroxylation is 1. The van der Waals surface area contributed by atoms with E-state index in [4.69, 9.17) is 14.5 Å². The van der Waals surface area contributed by atoms with Gasteiger partial charge >= 0.3 is 6.09 Å². The largest absolute Gasteiger partial charge is 0.444 e. The predicted molar refractivity (Wildman–Crippen MR) is 124 cm³/mol. The first-order valence-electron chi connectivity index (χ1n) is 11.7. The number of fused-ring (bicyclic) bond motifs is 1. The quantitative estimate of drug-likeness (QED) is 0.624. The van der Waals surface area contributed by atoms with E-state index in [9.17, 15) is 9.59 Å². The summed E-state index contributed by atoms with van der Waals surface area (Å²) in [7, 11) is 1.63. The summed E-state index contributed by atoms with van der Waals surface area (Å²) in [6, 6.07) is 4.09. The summed E-state index contributed by atoms with van der Waals surface area (Å²) in [6.45, 7) is 8.79. The SMILES string of the molecule is COCCNC(=O)[C@@H]1C[C@@H]2CCCC[C@@H]2N1c1cc(C)cc(CNC(=O)OC(C)(C)C)n1. The molecule has 8 heteroatoms. The molecule has 2 amide bonds. The van der Waals surface area contributed by atoms with E-state index in [1.807, 2.05) is 39.8 Å². The lowest BCUT2D eigenvalue weighted by molar-refractivity contribution is -0.122. The number of alkyl carbamates (subject to hydrolysis) is 1. The van der Waals surface area contributed by atoms with E-state index in [2.05, 4.69) is 15.5 Å². The summed E-state index contributed by atoms with van der Waals surface area (Å²) in [4.78, 5) is 32.2. The molecule has 0 radical (unpaired) electrons. The second-order valence-electron chi connectivity index (χ2n) is 9.90. The molecule has 1 saturated carbocycles. The fourth-order valence-corrected chi connectivity index (χ4v) is 4.84. The van der Waals surface area contributed by atoms with Gasteiger partial charge in [0.05, 0.1) is 18.8 Å². The maximum absolute atomic E-state index is 13.1. The number of pyridine rings is 1. The number of methoxy groups -OCH3 is 1.